The van der Waals surface area contributed by atoms with Crippen LogP contribution in [0.4, 0.5) is 0 Å². The molecule has 0 aromatic heterocycles. The number of piperidine rings is 2. The molecule has 3 heterocycles. The number of amides is 2. The molecule has 3 aliphatic heterocycles. The van der Waals surface area contributed by atoms with Crippen LogP contribution in [0.2, 0.25) is 10.0 Å². The van der Waals surface area contributed by atoms with Crippen molar-refractivity contribution in [1.29, 1.82) is 0 Å². The number of nitrogens with one attached hydrogen (secondary N) is 1. The van der Waals surface area contributed by atoms with Gasteiger partial charge in [-0.1, -0.05) is 59.6 Å². The molecule has 11 nitrogen and oxygen atoms in total. The quantitative estimate of drug-likeness (QED) is 0.193. The Kier molecular flexibility index (Phi) is 13.2. The largest absolute Gasteiger partial charge is 0.493 e. The first-order valence-corrected chi connectivity index (χ1v) is 19.9. The van der Waals surface area contributed by atoms with Gasteiger partial charge >= 0.3 is 5.97 Å². The molecular formula is C42H52Cl2N4O7. The number of nitrogens with zero attached hydrogens (tertiary/aromatic N) is 3. The fourth-order valence-electron chi connectivity index (χ4n) is 8.56. The zero-order valence-corrected chi connectivity index (χ0v) is 33.7. The number of benzene rings is 3. The average Bonchev–Trinajstić information content (AvgIpc) is 3.66. The normalized spacial score (nSPS) is 21.5. The number of carbonyl (C=O) groups is 3. The molecule has 3 aliphatic rings. The Labute approximate surface area is 334 Å². The Hall–Kier alpha value is -4.03. The van der Waals surface area contributed by atoms with E-state index in [0.29, 0.717) is 78.5 Å². The predicted octanol–water partition coefficient (Wildman–Crippen LogP) is 6.53. The van der Waals surface area contributed by atoms with E-state index < -0.39 is 5.41 Å². The van der Waals surface area contributed by atoms with E-state index in [1.165, 1.54) is 21.3 Å². The predicted molar refractivity (Wildman–Crippen MR) is 212 cm³/mol. The van der Waals surface area contributed by atoms with Gasteiger partial charge in [0.15, 0.2) is 11.5 Å². The third-order valence-corrected chi connectivity index (χ3v) is 12.5. The highest BCUT2D eigenvalue weighted by Crippen LogP contribution is 2.43. The first-order valence-electron chi connectivity index (χ1n) is 19.1. The molecule has 13 heteroatoms. The van der Waals surface area contributed by atoms with Gasteiger partial charge in [0.25, 0.3) is 5.91 Å². The van der Waals surface area contributed by atoms with Crippen LogP contribution in [-0.2, 0) is 25.2 Å². The lowest BCUT2D eigenvalue weighted by molar-refractivity contribution is -0.152. The third kappa shape index (κ3) is 8.70. The summed E-state index contributed by atoms with van der Waals surface area (Å²) in [6.45, 7) is 6.55. The summed E-state index contributed by atoms with van der Waals surface area (Å²) >= 11 is 13.0. The number of hydrogen-bond acceptors (Lipinski definition) is 9. The minimum absolute atomic E-state index is 0.0353. The number of likely N-dealkylation sites (tertiary alicyclic amines) is 2. The van der Waals surface area contributed by atoms with Crippen molar-refractivity contribution in [1.82, 2.24) is 20.2 Å². The van der Waals surface area contributed by atoms with Crippen LogP contribution >= 0.6 is 23.2 Å². The van der Waals surface area contributed by atoms with Crippen molar-refractivity contribution in [2.75, 3.05) is 73.7 Å². The monoisotopic (exact) mass is 794 g/mol. The Morgan fingerprint density at radius 3 is 2.18 bits per heavy atom. The number of esters is 1. The SMILES string of the molecule is CCOC(=O)C1CCCN(NC(=O)C2(c3ccccc3)CCN(CCC3(c4ccc(Cl)c(Cl)c4)CCN(C(=O)c4cc(OC)c(OC)c(OC)c4)C3)CC2)C1. The van der Waals surface area contributed by atoms with Crippen molar-refractivity contribution in [3.63, 3.8) is 0 Å². The number of rotatable bonds is 13. The number of ether oxygens (including phenoxy) is 4. The first kappa shape index (κ1) is 40.6. The molecule has 0 bridgehead atoms. The van der Waals surface area contributed by atoms with Crippen LogP contribution in [0.1, 0.15) is 66.9 Å². The van der Waals surface area contributed by atoms with E-state index in [1.54, 1.807) is 12.1 Å². The van der Waals surface area contributed by atoms with E-state index in [9.17, 15) is 14.4 Å². The number of hydrazine groups is 1. The maximum absolute atomic E-state index is 14.3. The summed E-state index contributed by atoms with van der Waals surface area (Å²) in [7, 11) is 4.60. The lowest BCUT2D eigenvalue weighted by Crippen LogP contribution is -2.58. The van der Waals surface area contributed by atoms with E-state index in [2.05, 4.69) is 10.3 Å². The third-order valence-electron chi connectivity index (χ3n) is 11.8. The standard InChI is InChI=1S/C42H52Cl2N4O7/c1-5-55-39(50)29-10-9-19-48(27-29)45-40(51)42(31-11-7-6-8-12-31)17-21-46(22-18-42)20-15-41(32-13-14-33(43)34(44)26-32)16-23-47(28-41)38(49)30-24-35(52-2)37(54-4)36(25-30)53-3/h6-8,11-14,24-26,29H,5,9-10,15-23,27-28H2,1-4H3,(H,45,51). The van der Waals surface area contributed by atoms with Crippen molar-refractivity contribution in [2.24, 2.45) is 5.92 Å². The van der Waals surface area contributed by atoms with E-state index in [-0.39, 0.29) is 29.1 Å². The van der Waals surface area contributed by atoms with Crippen LogP contribution in [-0.4, -0.2) is 106 Å². The molecule has 0 spiro atoms. The zero-order chi connectivity index (χ0) is 39.2. The topological polar surface area (TPSA) is 110 Å². The maximum atomic E-state index is 14.3. The number of methoxy groups -OCH3 is 3. The minimum Gasteiger partial charge on any atom is -0.493 e. The molecule has 3 saturated heterocycles. The summed E-state index contributed by atoms with van der Waals surface area (Å²) in [4.78, 5) is 45.2. The van der Waals surface area contributed by atoms with Gasteiger partial charge in [0.05, 0.1) is 49.3 Å². The van der Waals surface area contributed by atoms with E-state index in [0.717, 1.165) is 56.4 Å². The molecule has 6 rings (SSSR count). The molecule has 0 saturated carbocycles. The van der Waals surface area contributed by atoms with Gasteiger partial charge in [0.2, 0.25) is 11.7 Å². The number of carbonyl (C=O) groups excluding carboxylic acids is 3. The van der Waals surface area contributed by atoms with Gasteiger partial charge in [0, 0.05) is 37.2 Å². The fraction of sp³-hybridized carbons (Fsp3) is 0.500. The van der Waals surface area contributed by atoms with Gasteiger partial charge in [-0.15, -0.1) is 0 Å². The molecule has 0 aliphatic carbocycles. The molecule has 0 radical (unpaired) electrons. The summed E-state index contributed by atoms with van der Waals surface area (Å²) in [5, 5.41) is 2.86. The highest BCUT2D eigenvalue weighted by atomic mass is 35.5. The van der Waals surface area contributed by atoms with E-state index >= 15 is 0 Å². The molecule has 1 N–H and O–H groups in total. The second kappa shape index (κ2) is 17.8. The second-order valence-electron chi connectivity index (χ2n) is 14.8. The molecule has 3 fully saturated rings. The second-order valence-corrected chi connectivity index (χ2v) is 15.6. The van der Waals surface area contributed by atoms with Crippen LogP contribution in [0.15, 0.2) is 60.7 Å². The van der Waals surface area contributed by atoms with Gasteiger partial charge in [-0.2, -0.15) is 0 Å². The first-order chi connectivity index (χ1) is 26.6. The Morgan fingerprint density at radius 2 is 1.55 bits per heavy atom. The molecule has 3 aromatic rings. The molecular weight excluding hydrogens is 743 g/mol. The lowest BCUT2D eigenvalue weighted by Gasteiger charge is -2.43. The average molecular weight is 796 g/mol. The molecule has 3 aromatic carbocycles. The molecule has 55 heavy (non-hydrogen) atoms. The van der Waals surface area contributed by atoms with Crippen molar-refractivity contribution in [2.45, 2.75) is 56.3 Å². The molecule has 2 unspecified atom stereocenters. The van der Waals surface area contributed by atoms with Crippen LogP contribution < -0.4 is 19.6 Å². The summed E-state index contributed by atoms with van der Waals surface area (Å²) < 4.78 is 21.8. The minimum atomic E-state index is -0.715. The molecule has 2 amide bonds. The van der Waals surface area contributed by atoms with Gasteiger partial charge in [-0.25, -0.2) is 5.01 Å². The highest BCUT2D eigenvalue weighted by Gasteiger charge is 2.46. The summed E-state index contributed by atoms with van der Waals surface area (Å²) in [6.07, 6.45) is 4.37. The Morgan fingerprint density at radius 1 is 0.836 bits per heavy atom. The maximum Gasteiger partial charge on any atom is 0.310 e. The van der Waals surface area contributed by atoms with Crippen LogP contribution in [0.5, 0.6) is 17.2 Å². The van der Waals surface area contributed by atoms with Gasteiger partial charge in [-0.05, 0) is 100 Å². The summed E-state index contributed by atoms with van der Waals surface area (Å²) in [5.41, 5.74) is 4.62. The summed E-state index contributed by atoms with van der Waals surface area (Å²) in [6, 6.07) is 19.2. The van der Waals surface area contributed by atoms with Crippen molar-refractivity contribution < 1.29 is 33.3 Å². The van der Waals surface area contributed by atoms with Crippen LogP contribution in [0, 0.1) is 5.92 Å². The van der Waals surface area contributed by atoms with Gasteiger partial charge in [0.1, 0.15) is 0 Å². The highest BCUT2D eigenvalue weighted by molar-refractivity contribution is 6.42. The molecule has 2 atom stereocenters. The van der Waals surface area contributed by atoms with Crippen molar-refractivity contribution in [3.05, 3.63) is 87.4 Å². The van der Waals surface area contributed by atoms with E-state index in [1.807, 2.05) is 65.4 Å². The summed E-state index contributed by atoms with van der Waals surface area (Å²) in [5.74, 6) is 0.645. The van der Waals surface area contributed by atoms with Crippen LogP contribution in [0.25, 0.3) is 0 Å². The van der Waals surface area contributed by atoms with Crippen molar-refractivity contribution in [3.8, 4) is 17.2 Å². The van der Waals surface area contributed by atoms with Gasteiger partial charge in [-0.3, -0.25) is 19.8 Å². The van der Waals surface area contributed by atoms with Gasteiger partial charge < -0.3 is 28.7 Å². The number of halogens is 2. The Balaban J connectivity index is 1.18. The number of hydrogen-bond donors (Lipinski definition) is 1. The lowest BCUT2D eigenvalue weighted by atomic mass is 9.71. The smallest absolute Gasteiger partial charge is 0.310 e. The fourth-order valence-corrected chi connectivity index (χ4v) is 8.86. The van der Waals surface area contributed by atoms with Crippen molar-refractivity contribution >= 4 is 41.0 Å². The zero-order valence-electron chi connectivity index (χ0n) is 32.2. The van der Waals surface area contributed by atoms with Crippen LogP contribution in [0.3, 0.4) is 0 Å². The van der Waals surface area contributed by atoms with E-state index in [4.69, 9.17) is 42.1 Å². The molecule has 296 valence electrons. The Bertz CT molecular complexity index is 1810.